The Kier molecular flexibility index (Phi) is 5.21. The molecule has 2 N–H and O–H groups in total. The third-order valence-electron chi connectivity index (χ3n) is 3.69. The number of hydrogen-bond donors (Lipinski definition) is 1. The molecule has 1 heterocycles. The first-order valence-corrected chi connectivity index (χ1v) is 8.56. The lowest BCUT2D eigenvalue weighted by Gasteiger charge is -2.34. The second kappa shape index (κ2) is 6.74. The molecule has 6 nitrogen and oxygen atoms in total. The molecule has 0 bridgehead atoms. The van der Waals surface area contributed by atoms with Gasteiger partial charge in [0.15, 0.2) is 0 Å². The summed E-state index contributed by atoms with van der Waals surface area (Å²) in [5.74, 6) is 0. The predicted octanol–water partition coefficient (Wildman–Crippen LogP) is 0.137. The number of rotatable bonds is 5. The number of hydrogen-bond acceptors (Lipinski definition) is 5. The van der Waals surface area contributed by atoms with Crippen molar-refractivity contribution in [2.45, 2.75) is 4.90 Å². The van der Waals surface area contributed by atoms with Gasteiger partial charge in [0.25, 0.3) is 0 Å². The van der Waals surface area contributed by atoms with E-state index in [1.165, 1.54) is 6.07 Å². The van der Waals surface area contributed by atoms with Gasteiger partial charge in [0, 0.05) is 45.0 Å². The van der Waals surface area contributed by atoms with E-state index in [2.05, 4.69) is 9.80 Å². The fourth-order valence-corrected chi connectivity index (χ4v) is 3.84. The number of nitrogens with two attached hydrogens (primary N) is 1. The summed E-state index contributed by atoms with van der Waals surface area (Å²) in [6, 6.07) is 6.49. The van der Waals surface area contributed by atoms with E-state index in [0.717, 1.165) is 26.2 Å². The highest BCUT2D eigenvalue weighted by atomic mass is 32.2. The van der Waals surface area contributed by atoms with Gasteiger partial charge in [-0.05, 0) is 32.3 Å². The van der Waals surface area contributed by atoms with Gasteiger partial charge < -0.3 is 10.6 Å². The Hall–Kier alpha value is -1.15. The van der Waals surface area contributed by atoms with Gasteiger partial charge >= 0.3 is 0 Å². The van der Waals surface area contributed by atoms with E-state index in [4.69, 9.17) is 5.73 Å². The topological polar surface area (TPSA) is 69.9 Å². The SMILES string of the molecule is CN(C)CCN1CCN(S(=O)(=O)c2cccc(N)c2)CC1. The van der Waals surface area contributed by atoms with Crippen LogP contribution in [0, 0.1) is 0 Å². The molecule has 0 amide bonds. The number of nitrogen functional groups attached to an aromatic ring is 1. The number of likely N-dealkylation sites (N-methyl/N-ethyl adjacent to an activating group) is 1. The van der Waals surface area contributed by atoms with Crippen molar-refractivity contribution in [2.75, 3.05) is 59.1 Å². The van der Waals surface area contributed by atoms with Gasteiger partial charge in [0.05, 0.1) is 4.90 Å². The lowest BCUT2D eigenvalue weighted by Crippen LogP contribution is -2.49. The van der Waals surface area contributed by atoms with Crippen molar-refractivity contribution in [3.05, 3.63) is 24.3 Å². The fraction of sp³-hybridized carbons (Fsp3) is 0.571. The molecule has 0 radical (unpaired) electrons. The van der Waals surface area contributed by atoms with Gasteiger partial charge in [0.1, 0.15) is 0 Å². The average Bonchev–Trinajstić information content (AvgIpc) is 2.45. The van der Waals surface area contributed by atoms with E-state index in [9.17, 15) is 8.42 Å². The van der Waals surface area contributed by atoms with Crippen molar-refractivity contribution in [1.82, 2.24) is 14.1 Å². The van der Waals surface area contributed by atoms with Crippen LogP contribution in [0.5, 0.6) is 0 Å². The minimum Gasteiger partial charge on any atom is -0.399 e. The lowest BCUT2D eigenvalue weighted by atomic mass is 10.3. The summed E-state index contributed by atoms with van der Waals surface area (Å²) in [5, 5.41) is 0. The molecule has 1 aliphatic heterocycles. The summed E-state index contributed by atoms with van der Waals surface area (Å²) in [5.41, 5.74) is 6.15. The van der Waals surface area contributed by atoms with Crippen LogP contribution in [0.25, 0.3) is 0 Å². The summed E-state index contributed by atoms with van der Waals surface area (Å²) in [4.78, 5) is 4.71. The van der Waals surface area contributed by atoms with Crippen LogP contribution in [0.2, 0.25) is 0 Å². The van der Waals surface area contributed by atoms with Gasteiger partial charge in [-0.1, -0.05) is 6.07 Å². The van der Waals surface area contributed by atoms with Crippen LogP contribution in [-0.2, 0) is 10.0 Å². The van der Waals surface area contributed by atoms with Gasteiger partial charge in [-0.2, -0.15) is 4.31 Å². The second-order valence-corrected chi connectivity index (χ2v) is 7.56. The normalized spacial score (nSPS) is 18.2. The van der Waals surface area contributed by atoms with E-state index < -0.39 is 10.0 Å². The number of nitrogens with zero attached hydrogens (tertiary/aromatic N) is 3. The van der Waals surface area contributed by atoms with Crippen LogP contribution in [0.1, 0.15) is 0 Å². The first-order chi connectivity index (χ1) is 9.89. The maximum atomic E-state index is 12.6. The Labute approximate surface area is 127 Å². The Morgan fingerprint density at radius 1 is 1.19 bits per heavy atom. The first-order valence-electron chi connectivity index (χ1n) is 7.12. The molecule has 1 aromatic carbocycles. The van der Waals surface area contributed by atoms with Gasteiger partial charge in [-0.15, -0.1) is 0 Å². The highest BCUT2D eigenvalue weighted by Crippen LogP contribution is 2.19. The largest absolute Gasteiger partial charge is 0.399 e. The van der Waals surface area contributed by atoms with Crippen LogP contribution in [0.3, 0.4) is 0 Å². The standard InChI is InChI=1S/C14H24N4O2S/c1-16(2)6-7-17-8-10-18(11-9-17)21(19,20)14-5-3-4-13(15)12-14/h3-5,12H,6-11,15H2,1-2H3. The predicted molar refractivity (Wildman–Crippen MR) is 84.6 cm³/mol. The highest BCUT2D eigenvalue weighted by Gasteiger charge is 2.28. The van der Waals surface area contributed by atoms with Gasteiger partial charge in [-0.25, -0.2) is 8.42 Å². The zero-order chi connectivity index (χ0) is 15.5. The molecule has 0 atom stereocenters. The molecule has 0 unspecified atom stereocenters. The molecule has 0 aromatic heterocycles. The van der Waals surface area contributed by atoms with Gasteiger partial charge in [-0.3, -0.25) is 4.90 Å². The molecular weight excluding hydrogens is 288 g/mol. The summed E-state index contributed by atoms with van der Waals surface area (Å²) in [6.07, 6.45) is 0. The van der Waals surface area contributed by atoms with E-state index in [1.807, 2.05) is 14.1 Å². The molecule has 21 heavy (non-hydrogen) atoms. The van der Waals surface area contributed by atoms with Crippen molar-refractivity contribution >= 4 is 15.7 Å². The maximum absolute atomic E-state index is 12.6. The minimum absolute atomic E-state index is 0.282. The number of sulfonamides is 1. The zero-order valence-corrected chi connectivity index (χ0v) is 13.5. The molecule has 1 fully saturated rings. The molecule has 118 valence electrons. The highest BCUT2D eigenvalue weighted by molar-refractivity contribution is 7.89. The Morgan fingerprint density at radius 2 is 1.86 bits per heavy atom. The summed E-state index contributed by atoms with van der Waals surface area (Å²) >= 11 is 0. The average molecular weight is 312 g/mol. The Bertz CT molecular complexity index is 566. The number of anilines is 1. The number of benzene rings is 1. The molecule has 7 heteroatoms. The summed E-state index contributed by atoms with van der Waals surface area (Å²) in [6.45, 7) is 4.57. The third kappa shape index (κ3) is 4.16. The van der Waals surface area contributed by atoms with Gasteiger partial charge in [0.2, 0.25) is 10.0 Å². The molecule has 1 aliphatic rings. The molecule has 1 saturated heterocycles. The number of piperazine rings is 1. The van der Waals surface area contributed by atoms with E-state index in [-0.39, 0.29) is 4.90 Å². The van der Waals surface area contributed by atoms with Crippen LogP contribution in [0.15, 0.2) is 29.2 Å². The van der Waals surface area contributed by atoms with Crippen molar-refractivity contribution in [3.8, 4) is 0 Å². The first kappa shape index (κ1) is 16.2. The molecular formula is C14H24N4O2S. The van der Waals surface area contributed by atoms with E-state index >= 15 is 0 Å². The zero-order valence-electron chi connectivity index (χ0n) is 12.7. The van der Waals surface area contributed by atoms with E-state index in [1.54, 1.807) is 22.5 Å². The monoisotopic (exact) mass is 312 g/mol. The van der Waals surface area contributed by atoms with Crippen LogP contribution < -0.4 is 5.73 Å². The molecule has 2 rings (SSSR count). The second-order valence-electron chi connectivity index (χ2n) is 5.62. The molecule has 0 saturated carbocycles. The molecule has 0 spiro atoms. The quantitative estimate of drug-likeness (QED) is 0.783. The maximum Gasteiger partial charge on any atom is 0.243 e. The van der Waals surface area contributed by atoms with Crippen molar-refractivity contribution in [1.29, 1.82) is 0 Å². The molecule has 0 aliphatic carbocycles. The van der Waals surface area contributed by atoms with Crippen LogP contribution in [0.4, 0.5) is 5.69 Å². The molecule has 1 aromatic rings. The smallest absolute Gasteiger partial charge is 0.243 e. The Balaban J connectivity index is 1.98. The van der Waals surface area contributed by atoms with Crippen molar-refractivity contribution in [2.24, 2.45) is 0 Å². The van der Waals surface area contributed by atoms with Crippen LogP contribution in [-0.4, -0.2) is 75.9 Å². The van der Waals surface area contributed by atoms with Crippen molar-refractivity contribution in [3.63, 3.8) is 0 Å². The van der Waals surface area contributed by atoms with Crippen LogP contribution >= 0.6 is 0 Å². The fourth-order valence-electron chi connectivity index (χ4n) is 2.36. The summed E-state index contributed by atoms with van der Waals surface area (Å²) in [7, 11) is 0.661. The van der Waals surface area contributed by atoms with E-state index in [0.29, 0.717) is 18.8 Å². The minimum atomic E-state index is -3.42. The third-order valence-corrected chi connectivity index (χ3v) is 5.59. The van der Waals surface area contributed by atoms with Crippen molar-refractivity contribution < 1.29 is 8.42 Å². The summed E-state index contributed by atoms with van der Waals surface area (Å²) < 4.78 is 26.7. The Morgan fingerprint density at radius 3 is 2.43 bits per heavy atom. The lowest BCUT2D eigenvalue weighted by molar-refractivity contribution is 0.174.